The number of benzene rings is 3. The predicted octanol–water partition coefficient (Wildman–Crippen LogP) is 6.30. The number of hydrogen-bond acceptors (Lipinski definition) is 5. The molecule has 4 rings (SSSR count). The third-order valence-electron chi connectivity index (χ3n) is 5.65. The number of nitrogens with one attached hydrogen (secondary N) is 1. The summed E-state index contributed by atoms with van der Waals surface area (Å²) < 4.78 is 8.03. The molecule has 0 spiro atoms. The Hall–Kier alpha value is -4.24. The number of rotatable bonds is 7. The number of para-hydroxylation sites is 1. The van der Waals surface area contributed by atoms with Crippen LogP contribution in [0.1, 0.15) is 33.4 Å². The number of halogens is 1. The molecule has 0 bridgehead atoms. The standard InChI is InChI=1S/C27H22BrN3O5/c1-17-15-22(18(2)30(17)20-11-7-4-8-12-20)27(33)36-25(19-9-5-3-6-10-19)26(32)29-24-14-13-21(31(34)35)16-23(24)28/h3-16,25H,1-2H3,(H,29,32). The lowest BCUT2D eigenvalue weighted by molar-refractivity contribution is -0.384. The number of aromatic nitrogens is 1. The van der Waals surface area contributed by atoms with Crippen molar-refractivity contribution in [3.8, 4) is 5.69 Å². The average molecular weight is 548 g/mol. The summed E-state index contributed by atoms with van der Waals surface area (Å²) >= 11 is 3.25. The normalized spacial score (nSPS) is 11.5. The van der Waals surface area contributed by atoms with E-state index in [1.165, 1.54) is 18.2 Å². The number of nitrogens with zero attached hydrogens (tertiary/aromatic N) is 2. The van der Waals surface area contributed by atoms with Gasteiger partial charge in [-0.1, -0.05) is 48.5 Å². The molecule has 1 N–H and O–H groups in total. The summed E-state index contributed by atoms with van der Waals surface area (Å²) in [5.41, 5.74) is 3.46. The monoisotopic (exact) mass is 547 g/mol. The van der Waals surface area contributed by atoms with Crippen LogP contribution in [0.5, 0.6) is 0 Å². The maximum atomic E-state index is 13.3. The minimum atomic E-state index is -1.25. The van der Waals surface area contributed by atoms with Crippen LogP contribution in [-0.4, -0.2) is 21.4 Å². The molecule has 0 radical (unpaired) electrons. The lowest BCUT2D eigenvalue weighted by Gasteiger charge is -2.19. The molecule has 0 aliphatic carbocycles. The lowest BCUT2D eigenvalue weighted by atomic mass is 10.1. The van der Waals surface area contributed by atoms with E-state index in [1.807, 2.05) is 48.7 Å². The van der Waals surface area contributed by atoms with Crippen LogP contribution in [0.4, 0.5) is 11.4 Å². The molecule has 36 heavy (non-hydrogen) atoms. The second-order valence-corrected chi connectivity index (χ2v) is 8.92. The van der Waals surface area contributed by atoms with Crippen LogP contribution in [0.3, 0.4) is 0 Å². The van der Waals surface area contributed by atoms with Gasteiger partial charge in [-0.25, -0.2) is 4.79 Å². The SMILES string of the molecule is Cc1cc(C(=O)OC(C(=O)Nc2ccc([N+](=O)[O-])cc2Br)c2ccccc2)c(C)n1-c1ccccc1. The second kappa shape index (κ2) is 10.6. The summed E-state index contributed by atoms with van der Waals surface area (Å²) in [5.74, 6) is -1.24. The Balaban J connectivity index is 1.63. The Kier molecular flexibility index (Phi) is 7.30. The van der Waals surface area contributed by atoms with E-state index in [1.54, 1.807) is 36.4 Å². The Morgan fingerprint density at radius 3 is 2.22 bits per heavy atom. The highest BCUT2D eigenvalue weighted by atomic mass is 79.9. The van der Waals surface area contributed by atoms with Crippen LogP contribution in [0.2, 0.25) is 0 Å². The van der Waals surface area contributed by atoms with Crippen molar-refractivity contribution in [2.75, 3.05) is 5.32 Å². The van der Waals surface area contributed by atoms with E-state index in [9.17, 15) is 19.7 Å². The number of aryl methyl sites for hydroxylation is 1. The van der Waals surface area contributed by atoms with Crippen LogP contribution in [-0.2, 0) is 9.53 Å². The van der Waals surface area contributed by atoms with E-state index in [0.29, 0.717) is 27.0 Å². The minimum Gasteiger partial charge on any atom is -0.444 e. The molecule has 9 heteroatoms. The first kappa shape index (κ1) is 24.9. The van der Waals surface area contributed by atoms with Gasteiger partial charge in [-0.05, 0) is 54.0 Å². The van der Waals surface area contributed by atoms with Crippen LogP contribution in [0.25, 0.3) is 5.69 Å². The van der Waals surface area contributed by atoms with E-state index in [2.05, 4.69) is 21.2 Å². The Bertz CT molecular complexity index is 1430. The molecule has 1 heterocycles. The number of amides is 1. The Morgan fingerprint density at radius 1 is 0.972 bits per heavy atom. The van der Waals surface area contributed by atoms with Gasteiger partial charge < -0.3 is 14.6 Å². The zero-order chi connectivity index (χ0) is 25.8. The Labute approximate surface area is 215 Å². The molecule has 1 aromatic heterocycles. The van der Waals surface area contributed by atoms with Crippen LogP contribution < -0.4 is 5.32 Å². The molecular weight excluding hydrogens is 526 g/mol. The third kappa shape index (κ3) is 5.21. The average Bonchev–Trinajstić information content (AvgIpc) is 3.18. The number of anilines is 1. The molecule has 0 saturated heterocycles. The molecule has 1 amide bonds. The molecule has 182 valence electrons. The zero-order valence-corrected chi connectivity index (χ0v) is 21.1. The highest BCUT2D eigenvalue weighted by Gasteiger charge is 2.28. The van der Waals surface area contributed by atoms with E-state index >= 15 is 0 Å². The molecule has 1 atom stereocenters. The molecule has 8 nitrogen and oxygen atoms in total. The topological polar surface area (TPSA) is 103 Å². The largest absolute Gasteiger partial charge is 0.444 e. The summed E-state index contributed by atoms with van der Waals surface area (Å²) in [7, 11) is 0. The molecule has 3 aromatic carbocycles. The summed E-state index contributed by atoms with van der Waals surface area (Å²) in [6.45, 7) is 3.71. The van der Waals surface area contributed by atoms with Crippen LogP contribution >= 0.6 is 15.9 Å². The smallest absolute Gasteiger partial charge is 0.341 e. The maximum Gasteiger partial charge on any atom is 0.341 e. The van der Waals surface area contributed by atoms with Crippen molar-refractivity contribution in [1.29, 1.82) is 0 Å². The molecule has 0 aliphatic heterocycles. The van der Waals surface area contributed by atoms with Gasteiger partial charge in [0, 0.05) is 39.2 Å². The van der Waals surface area contributed by atoms with Crippen molar-refractivity contribution in [2.24, 2.45) is 0 Å². The number of nitro groups is 1. The van der Waals surface area contributed by atoms with Gasteiger partial charge in [-0.2, -0.15) is 0 Å². The lowest BCUT2D eigenvalue weighted by Crippen LogP contribution is -2.26. The van der Waals surface area contributed by atoms with Gasteiger partial charge >= 0.3 is 5.97 Å². The van der Waals surface area contributed by atoms with E-state index in [4.69, 9.17) is 4.74 Å². The number of ether oxygens (including phenoxy) is 1. The molecular formula is C27H22BrN3O5. The van der Waals surface area contributed by atoms with Gasteiger partial charge in [0.1, 0.15) is 0 Å². The summed E-state index contributed by atoms with van der Waals surface area (Å²) in [6, 6.07) is 24.0. The van der Waals surface area contributed by atoms with Crippen LogP contribution in [0.15, 0.2) is 89.4 Å². The van der Waals surface area contributed by atoms with Gasteiger partial charge in [0.25, 0.3) is 11.6 Å². The molecule has 4 aromatic rings. The number of non-ortho nitro benzene ring substituents is 1. The van der Waals surface area contributed by atoms with Crippen molar-refractivity contribution < 1.29 is 19.2 Å². The third-order valence-corrected chi connectivity index (χ3v) is 6.31. The second-order valence-electron chi connectivity index (χ2n) is 8.06. The van der Waals surface area contributed by atoms with Gasteiger partial charge in [-0.3, -0.25) is 14.9 Å². The summed E-state index contributed by atoms with van der Waals surface area (Å²) in [6.07, 6.45) is -1.25. The highest BCUT2D eigenvalue weighted by molar-refractivity contribution is 9.10. The first-order chi connectivity index (χ1) is 17.3. The molecule has 0 aliphatic rings. The first-order valence-electron chi connectivity index (χ1n) is 11.0. The van der Waals surface area contributed by atoms with E-state index in [-0.39, 0.29) is 5.69 Å². The van der Waals surface area contributed by atoms with Gasteiger partial charge in [0.15, 0.2) is 0 Å². The van der Waals surface area contributed by atoms with Crippen molar-refractivity contribution in [2.45, 2.75) is 20.0 Å². The fraction of sp³-hybridized carbons (Fsp3) is 0.111. The summed E-state index contributed by atoms with van der Waals surface area (Å²) in [5, 5.41) is 13.7. The number of carbonyl (C=O) groups excluding carboxylic acids is 2. The summed E-state index contributed by atoms with van der Waals surface area (Å²) in [4.78, 5) is 37.1. The van der Waals surface area contributed by atoms with Crippen molar-refractivity contribution >= 4 is 39.2 Å². The maximum absolute atomic E-state index is 13.3. The Morgan fingerprint density at radius 2 is 1.61 bits per heavy atom. The van der Waals surface area contributed by atoms with Gasteiger partial charge in [0.05, 0.1) is 16.2 Å². The zero-order valence-electron chi connectivity index (χ0n) is 19.5. The molecule has 0 fully saturated rings. The van der Waals surface area contributed by atoms with E-state index < -0.39 is 22.9 Å². The van der Waals surface area contributed by atoms with Crippen molar-refractivity contribution in [3.63, 3.8) is 0 Å². The number of carbonyl (C=O) groups is 2. The minimum absolute atomic E-state index is 0.125. The fourth-order valence-corrected chi connectivity index (χ4v) is 4.40. The quantitative estimate of drug-likeness (QED) is 0.166. The highest BCUT2D eigenvalue weighted by Crippen LogP contribution is 2.30. The molecule has 0 saturated carbocycles. The van der Waals surface area contributed by atoms with Crippen LogP contribution in [0, 0.1) is 24.0 Å². The van der Waals surface area contributed by atoms with Gasteiger partial charge in [-0.15, -0.1) is 0 Å². The van der Waals surface area contributed by atoms with Crippen molar-refractivity contribution in [1.82, 2.24) is 4.57 Å². The first-order valence-corrected chi connectivity index (χ1v) is 11.8. The van der Waals surface area contributed by atoms with Gasteiger partial charge in [0.2, 0.25) is 6.10 Å². The number of hydrogen-bond donors (Lipinski definition) is 1. The number of nitro benzene ring substituents is 1. The fourth-order valence-electron chi connectivity index (χ4n) is 3.93. The predicted molar refractivity (Wildman–Crippen MR) is 139 cm³/mol. The number of esters is 1. The van der Waals surface area contributed by atoms with E-state index in [0.717, 1.165) is 11.4 Å². The van der Waals surface area contributed by atoms with Crippen molar-refractivity contribution in [3.05, 3.63) is 122 Å². The molecule has 1 unspecified atom stereocenters.